The summed E-state index contributed by atoms with van der Waals surface area (Å²) in [5.41, 5.74) is 1.81. The highest BCUT2D eigenvalue weighted by Crippen LogP contribution is 2.18. The van der Waals surface area contributed by atoms with Gasteiger partial charge in [0.25, 0.3) is 0 Å². The van der Waals surface area contributed by atoms with E-state index >= 15 is 0 Å². The summed E-state index contributed by atoms with van der Waals surface area (Å²) in [6.07, 6.45) is 1.18. The third-order valence-electron chi connectivity index (χ3n) is 2.74. The van der Waals surface area contributed by atoms with E-state index in [4.69, 9.17) is 12.2 Å². The molecule has 0 fully saturated rings. The Hall–Kier alpha value is -1.21. The van der Waals surface area contributed by atoms with Gasteiger partial charge in [-0.3, -0.25) is 0 Å². The number of nitrogens with one attached hydrogen (secondary N) is 1. The van der Waals surface area contributed by atoms with E-state index in [0.29, 0.717) is 15.9 Å². The van der Waals surface area contributed by atoms with Crippen LogP contribution in [0.5, 0.6) is 0 Å². The average Bonchev–Trinajstić information content (AvgIpc) is 2.51. The molecule has 0 saturated heterocycles. The fourth-order valence-electron chi connectivity index (χ4n) is 1.76. The number of hydrogen-bond donors (Lipinski definition) is 1. The highest BCUT2D eigenvalue weighted by molar-refractivity contribution is 7.90. The molecule has 0 unspecified atom stereocenters. The van der Waals surface area contributed by atoms with Crippen LogP contribution >= 0.6 is 12.2 Å². The first-order valence-corrected chi connectivity index (χ1v) is 7.81. The number of aromatic nitrogens is 2. The van der Waals surface area contributed by atoms with Gasteiger partial charge >= 0.3 is 0 Å². The zero-order valence-electron chi connectivity index (χ0n) is 10.0. The van der Waals surface area contributed by atoms with E-state index in [9.17, 15) is 12.8 Å². The Labute approximate surface area is 109 Å². The molecule has 7 heteroatoms. The van der Waals surface area contributed by atoms with E-state index < -0.39 is 9.84 Å². The predicted molar refractivity (Wildman–Crippen MR) is 71.5 cm³/mol. The van der Waals surface area contributed by atoms with Crippen molar-refractivity contribution in [2.24, 2.45) is 0 Å². The lowest BCUT2D eigenvalue weighted by atomic mass is 10.2. The third kappa shape index (κ3) is 2.62. The van der Waals surface area contributed by atoms with Crippen LogP contribution in [0.15, 0.2) is 12.1 Å². The summed E-state index contributed by atoms with van der Waals surface area (Å²) in [6, 6.07) is 3.04. The van der Waals surface area contributed by atoms with Crippen molar-refractivity contribution >= 4 is 33.1 Å². The number of fused-ring (bicyclic) bond motifs is 1. The van der Waals surface area contributed by atoms with E-state index in [1.54, 1.807) is 17.6 Å². The van der Waals surface area contributed by atoms with Gasteiger partial charge in [-0.1, -0.05) is 0 Å². The topological polar surface area (TPSA) is 54.9 Å². The van der Waals surface area contributed by atoms with Crippen molar-refractivity contribution in [2.75, 3.05) is 12.0 Å². The standard InChI is InChI=1S/C11H13FN2O2S2/c1-7-5-10-9(6-8(7)12)13-11(17)14(10)3-4-18(2,15)16/h5-6H,3-4H2,1-2H3,(H,13,17). The van der Waals surface area contributed by atoms with E-state index in [1.807, 2.05) is 0 Å². The minimum Gasteiger partial charge on any atom is -0.330 e. The SMILES string of the molecule is Cc1cc2c(cc1F)[nH]c(=S)n2CCS(C)(=O)=O. The third-order valence-corrected chi connectivity index (χ3v) is 3.99. The molecule has 2 rings (SSSR count). The fraction of sp³-hybridized carbons (Fsp3) is 0.364. The molecule has 1 N–H and O–H groups in total. The molecule has 2 aromatic rings. The Kier molecular flexibility index (Phi) is 3.29. The zero-order valence-corrected chi connectivity index (χ0v) is 11.7. The number of imidazole rings is 1. The first-order valence-electron chi connectivity index (χ1n) is 5.34. The van der Waals surface area contributed by atoms with Gasteiger partial charge in [0, 0.05) is 12.8 Å². The maximum absolute atomic E-state index is 13.4. The van der Waals surface area contributed by atoms with Gasteiger partial charge in [-0.2, -0.15) is 0 Å². The van der Waals surface area contributed by atoms with Gasteiger partial charge in [-0.15, -0.1) is 0 Å². The van der Waals surface area contributed by atoms with Crippen LogP contribution in [0.1, 0.15) is 5.56 Å². The van der Waals surface area contributed by atoms with Crippen LogP contribution in [0.2, 0.25) is 0 Å². The molecule has 18 heavy (non-hydrogen) atoms. The maximum Gasteiger partial charge on any atom is 0.178 e. The Morgan fingerprint density at radius 2 is 2.11 bits per heavy atom. The summed E-state index contributed by atoms with van der Waals surface area (Å²) in [6.45, 7) is 1.93. The van der Waals surface area contributed by atoms with Crippen LogP contribution in [0.25, 0.3) is 11.0 Å². The van der Waals surface area contributed by atoms with Gasteiger partial charge in [0.15, 0.2) is 4.77 Å². The number of sulfone groups is 1. The second-order valence-corrected chi connectivity index (χ2v) is 6.98. The molecule has 0 aliphatic heterocycles. The molecule has 1 heterocycles. The molecule has 4 nitrogen and oxygen atoms in total. The molecule has 0 aliphatic carbocycles. The summed E-state index contributed by atoms with van der Waals surface area (Å²) in [5, 5.41) is 0. The molecule has 0 bridgehead atoms. The Morgan fingerprint density at radius 1 is 1.44 bits per heavy atom. The number of benzene rings is 1. The van der Waals surface area contributed by atoms with Crippen LogP contribution in [-0.2, 0) is 16.4 Å². The number of aromatic amines is 1. The van der Waals surface area contributed by atoms with Gasteiger partial charge in [0.1, 0.15) is 15.7 Å². The molecule has 0 amide bonds. The fourth-order valence-corrected chi connectivity index (χ4v) is 2.57. The Balaban J connectivity index is 2.54. The van der Waals surface area contributed by atoms with Gasteiger partial charge in [-0.25, -0.2) is 12.8 Å². The number of rotatable bonds is 3. The van der Waals surface area contributed by atoms with Gasteiger partial charge in [0.05, 0.1) is 16.8 Å². The molecule has 0 saturated carbocycles. The second kappa shape index (κ2) is 4.47. The summed E-state index contributed by atoms with van der Waals surface area (Å²) in [7, 11) is -3.06. The minimum atomic E-state index is -3.06. The molecular formula is C11H13FN2O2S2. The van der Waals surface area contributed by atoms with Gasteiger partial charge in [0.2, 0.25) is 0 Å². The van der Waals surface area contributed by atoms with E-state index in [1.165, 1.54) is 12.3 Å². The van der Waals surface area contributed by atoms with Crippen LogP contribution in [0, 0.1) is 17.5 Å². The first kappa shape index (κ1) is 13.2. The summed E-state index contributed by atoms with van der Waals surface area (Å²) in [5.74, 6) is -0.306. The molecular weight excluding hydrogens is 275 g/mol. The van der Waals surface area contributed by atoms with Crippen molar-refractivity contribution < 1.29 is 12.8 Å². The number of halogens is 1. The Morgan fingerprint density at radius 3 is 2.72 bits per heavy atom. The second-order valence-electron chi connectivity index (χ2n) is 4.33. The summed E-state index contributed by atoms with van der Waals surface area (Å²) in [4.78, 5) is 2.87. The first-order chi connectivity index (χ1) is 8.28. The van der Waals surface area contributed by atoms with E-state index in [0.717, 1.165) is 5.52 Å². The lowest BCUT2D eigenvalue weighted by Crippen LogP contribution is -2.11. The van der Waals surface area contributed by atoms with Crippen LogP contribution < -0.4 is 0 Å². The molecule has 0 aliphatic rings. The number of nitrogens with zero attached hydrogens (tertiary/aromatic N) is 1. The van der Waals surface area contributed by atoms with Crippen molar-refractivity contribution in [3.63, 3.8) is 0 Å². The number of hydrogen-bond acceptors (Lipinski definition) is 3. The number of aryl methyl sites for hydroxylation is 2. The largest absolute Gasteiger partial charge is 0.330 e. The highest BCUT2D eigenvalue weighted by Gasteiger charge is 2.10. The van der Waals surface area contributed by atoms with Crippen LogP contribution in [-0.4, -0.2) is 30.0 Å². The van der Waals surface area contributed by atoms with Crippen molar-refractivity contribution in [1.82, 2.24) is 9.55 Å². The normalized spacial score (nSPS) is 12.2. The quantitative estimate of drug-likeness (QED) is 0.881. The van der Waals surface area contributed by atoms with Crippen LogP contribution in [0.3, 0.4) is 0 Å². The predicted octanol–water partition coefficient (Wildman–Crippen LogP) is 2.19. The van der Waals surface area contributed by atoms with Gasteiger partial charge in [-0.05, 0) is 36.8 Å². The molecule has 1 aromatic carbocycles. The molecule has 0 radical (unpaired) electrons. The lowest BCUT2D eigenvalue weighted by Gasteiger charge is -2.04. The van der Waals surface area contributed by atoms with E-state index in [-0.39, 0.29) is 18.1 Å². The summed E-state index contributed by atoms with van der Waals surface area (Å²) >= 11 is 5.12. The smallest absolute Gasteiger partial charge is 0.178 e. The van der Waals surface area contributed by atoms with Crippen molar-refractivity contribution in [3.05, 3.63) is 28.3 Å². The van der Waals surface area contributed by atoms with Crippen molar-refractivity contribution in [3.8, 4) is 0 Å². The minimum absolute atomic E-state index is 0.00465. The van der Waals surface area contributed by atoms with E-state index in [2.05, 4.69) is 4.98 Å². The monoisotopic (exact) mass is 288 g/mol. The number of H-pyrrole nitrogens is 1. The average molecular weight is 288 g/mol. The zero-order chi connectivity index (χ0) is 13.5. The van der Waals surface area contributed by atoms with Crippen molar-refractivity contribution in [1.29, 1.82) is 0 Å². The van der Waals surface area contributed by atoms with Gasteiger partial charge < -0.3 is 9.55 Å². The molecule has 0 atom stereocenters. The molecule has 98 valence electrons. The maximum atomic E-state index is 13.4. The van der Waals surface area contributed by atoms with Crippen molar-refractivity contribution in [2.45, 2.75) is 13.5 Å². The highest BCUT2D eigenvalue weighted by atomic mass is 32.2. The lowest BCUT2D eigenvalue weighted by molar-refractivity contribution is 0.595. The van der Waals surface area contributed by atoms with Crippen LogP contribution in [0.4, 0.5) is 4.39 Å². The Bertz CT molecular complexity index is 759. The molecule has 1 aromatic heterocycles. The molecule has 0 spiro atoms. The summed E-state index contributed by atoms with van der Waals surface area (Å²) < 4.78 is 37.8.